The SMILES string of the molecule is Cc1cc(-c2csc(C(C)C(=O)O)n2)ccc1F. The Morgan fingerprint density at radius 3 is 2.83 bits per heavy atom. The second kappa shape index (κ2) is 4.86. The van der Waals surface area contributed by atoms with Crippen molar-refractivity contribution < 1.29 is 14.3 Å². The lowest BCUT2D eigenvalue weighted by Crippen LogP contribution is -2.06. The molecular formula is C13H12FNO2S. The van der Waals surface area contributed by atoms with E-state index in [1.807, 2.05) is 0 Å². The quantitative estimate of drug-likeness (QED) is 0.924. The lowest BCUT2D eigenvalue weighted by molar-refractivity contribution is -0.138. The van der Waals surface area contributed by atoms with Gasteiger partial charge in [-0.05, 0) is 37.6 Å². The molecule has 0 spiro atoms. The molecule has 1 aromatic heterocycles. The summed E-state index contributed by atoms with van der Waals surface area (Å²) in [5.74, 6) is -1.77. The number of aliphatic carboxylic acids is 1. The van der Waals surface area contributed by atoms with Crippen LogP contribution in [0.2, 0.25) is 0 Å². The molecule has 0 amide bonds. The Kier molecular flexibility index (Phi) is 3.43. The topological polar surface area (TPSA) is 50.2 Å². The summed E-state index contributed by atoms with van der Waals surface area (Å²) in [6, 6.07) is 4.75. The molecule has 2 aromatic rings. The van der Waals surface area contributed by atoms with Gasteiger partial charge in [0.2, 0.25) is 0 Å². The second-order valence-electron chi connectivity index (χ2n) is 4.09. The van der Waals surface area contributed by atoms with Crippen molar-refractivity contribution in [2.75, 3.05) is 0 Å². The van der Waals surface area contributed by atoms with Crippen LogP contribution in [0.15, 0.2) is 23.6 Å². The van der Waals surface area contributed by atoms with Crippen molar-refractivity contribution in [3.8, 4) is 11.3 Å². The zero-order valence-corrected chi connectivity index (χ0v) is 10.8. The summed E-state index contributed by atoms with van der Waals surface area (Å²) in [5.41, 5.74) is 2.04. The number of aryl methyl sites for hydroxylation is 1. The maximum Gasteiger partial charge on any atom is 0.313 e. The standard InChI is InChI=1S/C13H12FNO2S/c1-7-5-9(3-4-10(7)14)11-6-18-12(15-11)8(2)13(16)17/h3-6,8H,1-2H3,(H,16,17). The van der Waals surface area contributed by atoms with Crippen LogP contribution in [0.3, 0.4) is 0 Å². The number of carboxylic acid groups (broad SMARTS) is 1. The number of hydrogen-bond donors (Lipinski definition) is 1. The molecule has 94 valence electrons. The van der Waals surface area contributed by atoms with E-state index in [4.69, 9.17) is 5.11 Å². The van der Waals surface area contributed by atoms with Gasteiger partial charge in [-0.25, -0.2) is 9.37 Å². The third-order valence-electron chi connectivity index (χ3n) is 2.72. The molecule has 5 heteroatoms. The summed E-state index contributed by atoms with van der Waals surface area (Å²) in [6.45, 7) is 3.28. The molecule has 0 fully saturated rings. The van der Waals surface area contributed by atoms with Gasteiger partial charge in [-0.1, -0.05) is 0 Å². The highest BCUT2D eigenvalue weighted by Crippen LogP contribution is 2.27. The van der Waals surface area contributed by atoms with Crippen molar-refractivity contribution in [1.82, 2.24) is 4.98 Å². The van der Waals surface area contributed by atoms with E-state index in [9.17, 15) is 9.18 Å². The first-order chi connectivity index (χ1) is 8.49. The van der Waals surface area contributed by atoms with Gasteiger partial charge in [0.1, 0.15) is 16.7 Å². The molecule has 1 unspecified atom stereocenters. The second-order valence-corrected chi connectivity index (χ2v) is 4.98. The number of nitrogens with zero attached hydrogens (tertiary/aromatic N) is 1. The Labute approximate surface area is 108 Å². The first-order valence-corrected chi connectivity index (χ1v) is 6.31. The van der Waals surface area contributed by atoms with Crippen molar-refractivity contribution in [2.45, 2.75) is 19.8 Å². The van der Waals surface area contributed by atoms with Crippen LogP contribution in [0.5, 0.6) is 0 Å². The number of rotatable bonds is 3. The Hall–Kier alpha value is -1.75. The molecule has 0 aliphatic rings. The summed E-state index contributed by atoms with van der Waals surface area (Å²) in [4.78, 5) is 15.1. The molecule has 0 bridgehead atoms. The fraction of sp³-hybridized carbons (Fsp3) is 0.231. The molecule has 18 heavy (non-hydrogen) atoms. The summed E-state index contributed by atoms with van der Waals surface area (Å²) in [5, 5.41) is 11.3. The van der Waals surface area contributed by atoms with Crippen molar-refractivity contribution in [2.24, 2.45) is 0 Å². The average molecular weight is 265 g/mol. The van der Waals surface area contributed by atoms with Gasteiger partial charge >= 0.3 is 5.97 Å². The number of benzene rings is 1. The Bertz CT molecular complexity index is 594. The highest BCUT2D eigenvalue weighted by Gasteiger charge is 2.18. The van der Waals surface area contributed by atoms with Gasteiger partial charge in [0.25, 0.3) is 0 Å². The van der Waals surface area contributed by atoms with Crippen LogP contribution in [0.4, 0.5) is 4.39 Å². The van der Waals surface area contributed by atoms with Crippen LogP contribution >= 0.6 is 11.3 Å². The molecule has 1 heterocycles. The Morgan fingerprint density at radius 1 is 1.50 bits per heavy atom. The number of hydrogen-bond acceptors (Lipinski definition) is 3. The minimum Gasteiger partial charge on any atom is -0.481 e. The molecule has 2 rings (SSSR count). The minimum atomic E-state index is -0.897. The van der Waals surface area contributed by atoms with Gasteiger partial charge in [0.05, 0.1) is 5.69 Å². The summed E-state index contributed by atoms with van der Waals surface area (Å²) < 4.78 is 13.2. The maximum atomic E-state index is 13.2. The van der Waals surface area contributed by atoms with Gasteiger partial charge in [-0.15, -0.1) is 11.3 Å². The number of aromatic nitrogens is 1. The summed E-state index contributed by atoms with van der Waals surface area (Å²) in [6.07, 6.45) is 0. The average Bonchev–Trinajstić information content (AvgIpc) is 2.81. The normalized spacial score (nSPS) is 12.4. The van der Waals surface area contributed by atoms with E-state index < -0.39 is 11.9 Å². The molecule has 0 saturated heterocycles. The smallest absolute Gasteiger partial charge is 0.313 e. The molecule has 1 N–H and O–H groups in total. The van der Waals surface area contributed by atoms with E-state index in [1.165, 1.54) is 17.4 Å². The van der Waals surface area contributed by atoms with E-state index in [2.05, 4.69) is 4.98 Å². The van der Waals surface area contributed by atoms with Crippen molar-refractivity contribution >= 4 is 17.3 Å². The molecule has 0 saturated carbocycles. The summed E-state index contributed by atoms with van der Waals surface area (Å²) in [7, 11) is 0. The fourth-order valence-corrected chi connectivity index (χ4v) is 2.41. The Balaban J connectivity index is 2.35. The number of carboxylic acids is 1. The number of carbonyl (C=O) groups is 1. The molecule has 1 atom stereocenters. The highest BCUT2D eigenvalue weighted by atomic mass is 32.1. The molecule has 1 aromatic carbocycles. The van der Waals surface area contributed by atoms with E-state index in [1.54, 1.807) is 31.4 Å². The Morgan fingerprint density at radius 2 is 2.22 bits per heavy atom. The number of thiazole rings is 1. The van der Waals surface area contributed by atoms with Gasteiger partial charge in [0, 0.05) is 10.9 Å². The van der Waals surface area contributed by atoms with Gasteiger partial charge in [-0.3, -0.25) is 4.79 Å². The van der Waals surface area contributed by atoms with Gasteiger partial charge in [0.15, 0.2) is 0 Å². The zero-order valence-electron chi connectivity index (χ0n) is 9.98. The van der Waals surface area contributed by atoms with Crippen LogP contribution in [-0.4, -0.2) is 16.1 Å². The van der Waals surface area contributed by atoms with E-state index >= 15 is 0 Å². The molecule has 3 nitrogen and oxygen atoms in total. The number of halogens is 1. The molecular weight excluding hydrogens is 253 g/mol. The van der Waals surface area contributed by atoms with E-state index in [-0.39, 0.29) is 5.82 Å². The lowest BCUT2D eigenvalue weighted by atomic mass is 10.1. The van der Waals surface area contributed by atoms with E-state index in [0.717, 1.165) is 5.56 Å². The predicted octanol–water partition coefficient (Wildman–Crippen LogP) is 3.45. The third kappa shape index (κ3) is 2.41. The van der Waals surface area contributed by atoms with Crippen molar-refractivity contribution in [3.05, 3.63) is 40.0 Å². The van der Waals surface area contributed by atoms with Crippen molar-refractivity contribution in [3.63, 3.8) is 0 Å². The van der Waals surface area contributed by atoms with Crippen LogP contribution in [0.1, 0.15) is 23.4 Å². The first-order valence-electron chi connectivity index (χ1n) is 5.44. The summed E-state index contributed by atoms with van der Waals surface area (Å²) >= 11 is 1.31. The van der Waals surface area contributed by atoms with Gasteiger partial charge in [-0.2, -0.15) is 0 Å². The highest BCUT2D eigenvalue weighted by molar-refractivity contribution is 7.10. The van der Waals surface area contributed by atoms with Gasteiger partial charge < -0.3 is 5.11 Å². The van der Waals surface area contributed by atoms with E-state index in [0.29, 0.717) is 16.3 Å². The minimum absolute atomic E-state index is 0.256. The van der Waals surface area contributed by atoms with Crippen LogP contribution in [0.25, 0.3) is 11.3 Å². The fourth-order valence-electron chi connectivity index (χ4n) is 1.53. The molecule has 0 radical (unpaired) electrons. The molecule has 0 aliphatic carbocycles. The first kappa shape index (κ1) is 12.7. The lowest BCUT2D eigenvalue weighted by Gasteiger charge is -2.01. The largest absolute Gasteiger partial charge is 0.481 e. The predicted molar refractivity (Wildman–Crippen MR) is 68.3 cm³/mol. The van der Waals surface area contributed by atoms with Crippen LogP contribution in [0, 0.1) is 12.7 Å². The van der Waals surface area contributed by atoms with Crippen LogP contribution < -0.4 is 0 Å². The van der Waals surface area contributed by atoms with Crippen LogP contribution in [-0.2, 0) is 4.79 Å². The third-order valence-corrected chi connectivity index (χ3v) is 3.74. The zero-order chi connectivity index (χ0) is 13.3. The maximum absolute atomic E-state index is 13.2. The molecule has 0 aliphatic heterocycles. The monoisotopic (exact) mass is 265 g/mol. The van der Waals surface area contributed by atoms with Crippen molar-refractivity contribution in [1.29, 1.82) is 0 Å².